The van der Waals surface area contributed by atoms with Gasteiger partial charge in [0.15, 0.2) is 5.13 Å². The Hall–Kier alpha value is -2.51. The molecule has 0 fully saturated rings. The number of carbonyl (C=O) groups is 1. The highest BCUT2D eigenvalue weighted by Crippen LogP contribution is 2.34. The van der Waals surface area contributed by atoms with Gasteiger partial charge in [0.05, 0.1) is 11.8 Å². The first-order valence-electron chi connectivity index (χ1n) is 9.30. The van der Waals surface area contributed by atoms with E-state index in [-0.39, 0.29) is 11.7 Å². The third-order valence-corrected chi connectivity index (χ3v) is 5.74. The standard InChI is InChI=1S/C21H24FN3O2S/c1-4-24(5-2)13-14-25(20(26)15-9-11-16(22)12-10-15)21-23-19-17(27-3)7-6-8-18(19)28-21/h6-12H,4-5,13-14H2,1-3H3. The van der Waals surface area contributed by atoms with Gasteiger partial charge in [-0.1, -0.05) is 31.3 Å². The zero-order valence-electron chi connectivity index (χ0n) is 16.3. The van der Waals surface area contributed by atoms with Gasteiger partial charge in [-0.25, -0.2) is 9.37 Å². The van der Waals surface area contributed by atoms with E-state index in [0.717, 1.165) is 29.9 Å². The molecule has 28 heavy (non-hydrogen) atoms. The number of ether oxygens (including phenoxy) is 1. The number of nitrogens with zero attached hydrogens (tertiary/aromatic N) is 3. The van der Waals surface area contributed by atoms with Crippen molar-refractivity contribution in [1.29, 1.82) is 0 Å². The number of para-hydroxylation sites is 1. The molecule has 3 aromatic rings. The van der Waals surface area contributed by atoms with Crippen LogP contribution in [0.1, 0.15) is 24.2 Å². The van der Waals surface area contributed by atoms with Gasteiger partial charge in [0.25, 0.3) is 5.91 Å². The highest BCUT2D eigenvalue weighted by atomic mass is 32.1. The minimum Gasteiger partial charge on any atom is -0.494 e. The number of anilines is 1. The van der Waals surface area contributed by atoms with Gasteiger partial charge in [-0.2, -0.15) is 0 Å². The predicted octanol–water partition coefficient (Wildman–Crippen LogP) is 4.43. The smallest absolute Gasteiger partial charge is 0.260 e. The number of hydrogen-bond acceptors (Lipinski definition) is 5. The number of halogens is 1. The number of carbonyl (C=O) groups excluding carboxylic acids is 1. The molecule has 2 aromatic carbocycles. The van der Waals surface area contributed by atoms with Crippen LogP contribution in [0.15, 0.2) is 42.5 Å². The van der Waals surface area contributed by atoms with E-state index in [1.54, 1.807) is 12.0 Å². The predicted molar refractivity (Wildman–Crippen MR) is 112 cm³/mol. The fourth-order valence-corrected chi connectivity index (χ4v) is 4.01. The zero-order valence-corrected chi connectivity index (χ0v) is 17.1. The van der Waals surface area contributed by atoms with Crippen molar-refractivity contribution in [2.75, 3.05) is 38.2 Å². The lowest BCUT2D eigenvalue weighted by Crippen LogP contribution is -2.38. The fraction of sp³-hybridized carbons (Fsp3) is 0.333. The number of fused-ring (bicyclic) bond motifs is 1. The maximum Gasteiger partial charge on any atom is 0.260 e. The van der Waals surface area contributed by atoms with E-state index in [4.69, 9.17) is 4.74 Å². The first-order chi connectivity index (χ1) is 13.6. The molecule has 3 rings (SSSR count). The summed E-state index contributed by atoms with van der Waals surface area (Å²) in [4.78, 5) is 21.8. The van der Waals surface area contributed by atoms with Crippen LogP contribution in [-0.4, -0.2) is 49.1 Å². The normalized spacial score (nSPS) is 11.2. The third kappa shape index (κ3) is 4.31. The average molecular weight is 402 g/mol. The molecule has 0 aliphatic rings. The van der Waals surface area contributed by atoms with E-state index < -0.39 is 0 Å². The van der Waals surface area contributed by atoms with E-state index in [0.29, 0.717) is 23.0 Å². The number of rotatable bonds is 8. The molecule has 0 radical (unpaired) electrons. The van der Waals surface area contributed by atoms with Crippen molar-refractivity contribution in [3.63, 3.8) is 0 Å². The van der Waals surface area contributed by atoms with Crippen molar-refractivity contribution >= 4 is 32.6 Å². The first-order valence-corrected chi connectivity index (χ1v) is 10.1. The number of benzene rings is 2. The van der Waals surface area contributed by atoms with E-state index in [2.05, 4.69) is 23.7 Å². The van der Waals surface area contributed by atoms with Crippen molar-refractivity contribution in [2.45, 2.75) is 13.8 Å². The van der Waals surface area contributed by atoms with Gasteiger partial charge >= 0.3 is 0 Å². The van der Waals surface area contributed by atoms with Crippen molar-refractivity contribution in [2.24, 2.45) is 0 Å². The summed E-state index contributed by atoms with van der Waals surface area (Å²) in [6.07, 6.45) is 0. The molecule has 0 bridgehead atoms. The fourth-order valence-electron chi connectivity index (χ4n) is 3.01. The van der Waals surface area contributed by atoms with Crippen molar-refractivity contribution in [1.82, 2.24) is 9.88 Å². The second-order valence-corrected chi connectivity index (χ2v) is 7.30. The van der Waals surface area contributed by atoms with Gasteiger partial charge in [-0.15, -0.1) is 0 Å². The summed E-state index contributed by atoms with van der Waals surface area (Å²) in [5.74, 6) is 0.124. The molecule has 0 saturated heterocycles. The highest BCUT2D eigenvalue weighted by Gasteiger charge is 2.22. The Kier molecular flexibility index (Phi) is 6.59. The number of methoxy groups -OCH3 is 1. The summed E-state index contributed by atoms with van der Waals surface area (Å²) >= 11 is 1.45. The van der Waals surface area contributed by atoms with E-state index in [1.165, 1.54) is 35.6 Å². The van der Waals surface area contributed by atoms with Crippen LogP contribution in [-0.2, 0) is 0 Å². The third-order valence-electron chi connectivity index (χ3n) is 4.69. The van der Waals surface area contributed by atoms with Crippen LogP contribution in [0.2, 0.25) is 0 Å². The number of likely N-dealkylation sites (N-methyl/N-ethyl adjacent to an activating group) is 1. The molecule has 0 atom stereocenters. The molecule has 0 aliphatic carbocycles. The summed E-state index contributed by atoms with van der Waals surface area (Å²) in [6, 6.07) is 11.4. The summed E-state index contributed by atoms with van der Waals surface area (Å²) in [5, 5.41) is 0.612. The lowest BCUT2D eigenvalue weighted by atomic mass is 10.2. The Morgan fingerprint density at radius 1 is 1.11 bits per heavy atom. The SMILES string of the molecule is CCN(CC)CCN(C(=O)c1ccc(F)cc1)c1nc2c(OC)cccc2s1. The van der Waals surface area contributed by atoms with Crippen LogP contribution in [0.4, 0.5) is 9.52 Å². The first kappa shape index (κ1) is 20.2. The van der Waals surface area contributed by atoms with Crippen molar-refractivity contribution in [3.8, 4) is 5.75 Å². The minimum atomic E-state index is -0.365. The van der Waals surface area contributed by atoms with E-state index in [1.807, 2.05) is 18.2 Å². The Balaban J connectivity index is 1.97. The lowest BCUT2D eigenvalue weighted by Gasteiger charge is -2.24. The molecule has 0 N–H and O–H groups in total. The zero-order chi connectivity index (χ0) is 20.1. The molecule has 1 amide bonds. The molecule has 1 heterocycles. The van der Waals surface area contributed by atoms with Crippen LogP contribution in [0.3, 0.4) is 0 Å². The van der Waals surface area contributed by atoms with Gasteiger partial charge in [-0.05, 0) is 49.5 Å². The summed E-state index contributed by atoms with van der Waals surface area (Å²) in [6.45, 7) is 7.23. The van der Waals surface area contributed by atoms with Gasteiger partial charge < -0.3 is 9.64 Å². The van der Waals surface area contributed by atoms with Crippen LogP contribution in [0, 0.1) is 5.82 Å². The number of amides is 1. The Morgan fingerprint density at radius 3 is 2.46 bits per heavy atom. The Morgan fingerprint density at radius 2 is 1.82 bits per heavy atom. The lowest BCUT2D eigenvalue weighted by molar-refractivity contribution is 0.0983. The summed E-state index contributed by atoms with van der Waals surface area (Å²) in [7, 11) is 1.61. The van der Waals surface area contributed by atoms with Crippen molar-refractivity contribution < 1.29 is 13.9 Å². The maximum atomic E-state index is 13.3. The van der Waals surface area contributed by atoms with Gasteiger partial charge in [0.1, 0.15) is 17.1 Å². The molecular formula is C21H24FN3O2S. The Labute approximate surface area is 168 Å². The largest absolute Gasteiger partial charge is 0.494 e. The average Bonchev–Trinajstić information content (AvgIpc) is 3.15. The number of hydrogen-bond donors (Lipinski definition) is 0. The quantitative estimate of drug-likeness (QED) is 0.560. The monoisotopic (exact) mass is 401 g/mol. The molecule has 7 heteroatoms. The highest BCUT2D eigenvalue weighted by molar-refractivity contribution is 7.22. The molecule has 0 aliphatic heterocycles. The number of thiazole rings is 1. The Bertz CT molecular complexity index is 938. The second kappa shape index (κ2) is 9.12. The van der Waals surface area contributed by atoms with Crippen LogP contribution in [0.5, 0.6) is 5.75 Å². The van der Waals surface area contributed by atoms with Crippen LogP contribution >= 0.6 is 11.3 Å². The van der Waals surface area contributed by atoms with Gasteiger partial charge in [0, 0.05) is 18.7 Å². The molecular weight excluding hydrogens is 377 g/mol. The van der Waals surface area contributed by atoms with E-state index in [9.17, 15) is 9.18 Å². The maximum absolute atomic E-state index is 13.3. The molecule has 0 unspecified atom stereocenters. The topological polar surface area (TPSA) is 45.7 Å². The molecule has 1 aromatic heterocycles. The van der Waals surface area contributed by atoms with E-state index >= 15 is 0 Å². The van der Waals surface area contributed by atoms with Crippen LogP contribution < -0.4 is 9.64 Å². The van der Waals surface area contributed by atoms with Crippen LogP contribution in [0.25, 0.3) is 10.2 Å². The van der Waals surface area contributed by atoms with Crippen molar-refractivity contribution in [3.05, 3.63) is 53.8 Å². The number of aromatic nitrogens is 1. The second-order valence-electron chi connectivity index (χ2n) is 6.29. The summed E-state index contributed by atoms with van der Waals surface area (Å²) < 4.78 is 19.6. The molecule has 0 spiro atoms. The minimum absolute atomic E-state index is 0.190. The van der Waals surface area contributed by atoms with Gasteiger partial charge in [0.2, 0.25) is 0 Å². The summed E-state index contributed by atoms with van der Waals surface area (Å²) in [5.41, 5.74) is 1.18. The van der Waals surface area contributed by atoms with Gasteiger partial charge in [-0.3, -0.25) is 9.69 Å². The molecule has 148 valence electrons. The molecule has 0 saturated carbocycles. The molecule has 5 nitrogen and oxygen atoms in total.